The van der Waals surface area contributed by atoms with Crippen LogP contribution >= 0.6 is 11.6 Å². The van der Waals surface area contributed by atoms with Crippen molar-refractivity contribution in [3.05, 3.63) is 28.8 Å². The molecule has 0 radical (unpaired) electrons. The van der Waals surface area contributed by atoms with E-state index in [-0.39, 0.29) is 5.41 Å². The van der Waals surface area contributed by atoms with E-state index in [9.17, 15) is 0 Å². The van der Waals surface area contributed by atoms with Crippen LogP contribution in [0.15, 0.2) is 18.2 Å². The van der Waals surface area contributed by atoms with Crippen LogP contribution in [0.3, 0.4) is 0 Å². The van der Waals surface area contributed by atoms with Gasteiger partial charge in [-0.1, -0.05) is 24.6 Å². The van der Waals surface area contributed by atoms with E-state index < -0.39 is 0 Å². The van der Waals surface area contributed by atoms with Crippen LogP contribution in [0, 0.1) is 0 Å². The maximum atomic E-state index is 6.17. The molecule has 0 saturated carbocycles. The maximum Gasteiger partial charge on any atom is 0.120 e. The van der Waals surface area contributed by atoms with Gasteiger partial charge in [0.25, 0.3) is 0 Å². The van der Waals surface area contributed by atoms with Crippen molar-refractivity contribution in [1.29, 1.82) is 0 Å². The van der Waals surface area contributed by atoms with Crippen molar-refractivity contribution in [3.8, 4) is 5.75 Å². The van der Waals surface area contributed by atoms with Crippen molar-refractivity contribution in [2.45, 2.75) is 12.3 Å². The molecule has 1 saturated heterocycles. The summed E-state index contributed by atoms with van der Waals surface area (Å²) >= 11 is 6.17. The second-order valence-corrected chi connectivity index (χ2v) is 4.31. The van der Waals surface area contributed by atoms with Crippen LogP contribution in [-0.2, 0) is 10.2 Å². The summed E-state index contributed by atoms with van der Waals surface area (Å²) in [5.74, 6) is 0.794. The van der Waals surface area contributed by atoms with E-state index in [1.807, 2.05) is 18.2 Å². The number of ether oxygens (including phenoxy) is 2. The smallest absolute Gasteiger partial charge is 0.120 e. The summed E-state index contributed by atoms with van der Waals surface area (Å²) in [6.07, 6.45) is 0. The molecule has 0 aliphatic carbocycles. The molecule has 2 nitrogen and oxygen atoms in total. The summed E-state index contributed by atoms with van der Waals surface area (Å²) in [7, 11) is 1.64. The van der Waals surface area contributed by atoms with E-state index in [1.165, 1.54) is 0 Å². The average Bonchev–Trinajstić information content (AvgIpc) is 2.14. The summed E-state index contributed by atoms with van der Waals surface area (Å²) in [5, 5.41) is 0.759. The van der Waals surface area contributed by atoms with Crippen LogP contribution in [0.4, 0.5) is 0 Å². The fraction of sp³-hybridized carbons (Fsp3) is 0.455. The number of halogens is 1. The number of hydrogen-bond donors (Lipinski definition) is 0. The maximum absolute atomic E-state index is 6.17. The monoisotopic (exact) mass is 212 g/mol. The molecular formula is C11H13ClO2. The van der Waals surface area contributed by atoms with Crippen LogP contribution in [0.5, 0.6) is 5.75 Å². The molecule has 0 N–H and O–H groups in total. The Morgan fingerprint density at radius 2 is 2.14 bits per heavy atom. The lowest BCUT2D eigenvalue weighted by Crippen LogP contribution is -2.44. The van der Waals surface area contributed by atoms with E-state index in [0.717, 1.165) is 29.5 Å². The average molecular weight is 213 g/mol. The zero-order valence-electron chi connectivity index (χ0n) is 8.34. The predicted octanol–water partition coefficient (Wildman–Crippen LogP) is 2.64. The summed E-state index contributed by atoms with van der Waals surface area (Å²) < 4.78 is 10.3. The molecule has 0 spiro atoms. The largest absolute Gasteiger partial charge is 0.497 e. The quantitative estimate of drug-likeness (QED) is 0.751. The Morgan fingerprint density at radius 1 is 1.43 bits per heavy atom. The Bertz CT molecular complexity index is 345. The third kappa shape index (κ3) is 1.49. The van der Waals surface area contributed by atoms with E-state index in [0.29, 0.717) is 0 Å². The van der Waals surface area contributed by atoms with Crippen molar-refractivity contribution >= 4 is 11.6 Å². The fourth-order valence-electron chi connectivity index (χ4n) is 1.68. The fourth-order valence-corrected chi connectivity index (χ4v) is 2.07. The Morgan fingerprint density at radius 3 is 2.57 bits per heavy atom. The Labute approximate surface area is 88.8 Å². The van der Waals surface area contributed by atoms with Crippen molar-refractivity contribution in [2.24, 2.45) is 0 Å². The highest BCUT2D eigenvalue weighted by molar-refractivity contribution is 6.31. The van der Waals surface area contributed by atoms with Crippen LogP contribution < -0.4 is 4.74 Å². The molecule has 0 unspecified atom stereocenters. The molecule has 14 heavy (non-hydrogen) atoms. The molecule has 1 heterocycles. The second-order valence-electron chi connectivity index (χ2n) is 3.90. The summed E-state index contributed by atoms with van der Waals surface area (Å²) in [4.78, 5) is 0. The topological polar surface area (TPSA) is 18.5 Å². The van der Waals surface area contributed by atoms with E-state index in [2.05, 4.69) is 6.92 Å². The minimum absolute atomic E-state index is 0.0867. The lowest BCUT2D eigenvalue weighted by Gasteiger charge is -2.39. The molecule has 1 aromatic carbocycles. The summed E-state index contributed by atoms with van der Waals surface area (Å²) in [6.45, 7) is 3.66. The van der Waals surface area contributed by atoms with Gasteiger partial charge in [0.2, 0.25) is 0 Å². The minimum atomic E-state index is 0.0867. The summed E-state index contributed by atoms with van der Waals surface area (Å²) in [6, 6.07) is 5.80. The van der Waals surface area contributed by atoms with Crippen LogP contribution in [-0.4, -0.2) is 20.3 Å². The number of methoxy groups -OCH3 is 1. The first-order valence-electron chi connectivity index (χ1n) is 4.57. The first-order chi connectivity index (χ1) is 6.65. The Hall–Kier alpha value is -0.730. The van der Waals surface area contributed by atoms with Crippen molar-refractivity contribution in [1.82, 2.24) is 0 Å². The van der Waals surface area contributed by atoms with Gasteiger partial charge in [-0.05, 0) is 17.7 Å². The third-order valence-corrected chi connectivity index (χ3v) is 2.98. The molecule has 0 bridgehead atoms. The molecular weight excluding hydrogens is 200 g/mol. The van der Waals surface area contributed by atoms with Gasteiger partial charge in [-0.15, -0.1) is 0 Å². The van der Waals surface area contributed by atoms with Gasteiger partial charge < -0.3 is 9.47 Å². The first-order valence-corrected chi connectivity index (χ1v) is 4.95. The predicted molar refractivity (Wildman–Crippen MR) is 56.2 cm³/mol. The second kappa shape index (κ2) is 3.44. The van der Waals surface area contributed by atoms with Crippen molar-refractivity contribution in [3.63, 3.8) is 0 Å². The third-order valence-electron chi connectivity index (χ3n) is 2.67. The first kappa shape index (κ1) is 9.81. The van der Waals surface area contributed by atoms with Gasteiger partial charge in [0, 0.05) is 10.4 Å². The highest BCUT2D eigenvalue weighted by Gasteiger charge is 2.36. The number of hydrogen-bond acceptors (Lipinski definition) is 2. The standard InChI is InChI=1S/C11H13ClO2/c1-11(6-14-7-11)9-4-3-8(13-2)5-10(9)12/h3-5H,6-7H2,1-2H3. The zero-order chi connectivity index (χ0) is 10.2. The lowest BCUT2D eigenvalue weighted by atomic mass is 9.81. The molecule has 1 fully saturated rings. The highest BCUT2D eigenvalue weighted by atomic mass is 35.5. The molecule has 0 atom stereocenters. The highest BCUT2D eigenvalue weighted by Crippen LogP contribution is 2.37. The van der Waals surface area contributed by atoms with Crippen LogP contribution in [0.2, 0.25) is 5.02 Å². The summed E-state index contributed by atoms with van der Waals surface area (Å²) in [5.41, 5.74) is 1.23. The number of benzene rings is 1. The molecule has 0 aromatic heterocycles. The van der Waals surface area contributed by atoms with Crippen molar-refractivity contribution in [2.75, 3.05) is 20.3 Å². The Kier molecular flexibility index (Phi) is 2.41. The van der Waals surface area contributed by atoms with Gasteiger partial charge in [-0.25, -0.2) is 0 Å². The molecule has 0 amide bonds. The van der Waals surface area contributed by atoms with Crippen LogP contribution in [0.1, 0.15) is 12.5 Å². The molecule has 76 valence electrons. The van der Waals surface area contributed by atoms with E-state index >= 15 is 0 Å². The SMILES string of the molecule is COc1ccc(C2(C)COC2)c(Cl)c1. The van der Waals surface area contributed by atoms with E-state index in [4.69, 9.17) is 21.1 Å². The van der Waals surface area contributed by atoms with Crippen LogP contribution in [0.25, 0.3) is 0 Å². The lowest BCUT2D eigenvalue weighted by molar-refractivity contribution is -0.0499. The molecule has 1 aromatic rings. The van der Waals surface area contributed by atoms with Gasteiger partial charge in [-0.3, -0.25) is 0 Å². The molecule has 2 rings (SSSR count). The molecule has 1 aliphatic rings. The van der Waals surface area contributed by atoms with Gasteiger partial charge in [0.15, 0.2) is 0 Å². The van der Waals surface area contributed by atoms with E-state index in [1.54, 1.807) is 7.11 Å². The Balaban J connectivity index is 2.35. The van der Waals surface area contributed by atoms with Gasteiger partial charge in [0.1, 0.15) is 5.75 Å². The van der Waals surface area contributed by atoms with Gasteiger partial charge >= 0.3 is 0 Å². The van der Waals surface area contributed by atoms with Crippen molar-refractivity contribution < 1.29 is 9.47 Å². The molecule has 3 heteroatoms. The zero-order valence-corrected chi connectivity index (χ0v) is 9.10. The van der Waals surface area contributed by atoms with Gasteiger partial charge in [0.05, 0.1) is 20.3 Å². The normalized spacial score (nSPS) is 18.8. The number of rotatable bonds is 2. The van der Waals surface area contributed by atoms with Gasteiger partial charge in [-0.2, -0.15) is 0 Å². The minimum Gasteiger partial charge on any atom is -0.497 e. The molecule has 1 aliphatic heterocycles.